The maximum Gasteiger partial charge on any atom is 0.338 e. The summed E-state index contributed by atoms with van der Waals surface area (Å²) in [5, 5.41) is 18.6. The van der Waals surface area contributed by atoms with Gasteiger partial charge in [-0.25, -0.2) is 9.59 Å². The molecule has 0 unspecified atom stereocenters. The van der Waals surface area contributed by atoms with E-state index in [2.05, 4.69) is 15.0 Å². The van der Waals surface area contributed by atoms with E-state index in [1.54, 1.807) is 0 Å². The predicted octanol–water partition coefficient (Wildman–Crippen LogP) is 0.128. The summed E-state index contributed by atoms with van der Waals surface area (Å²) in [6.07, 6.45) is 0. The minimum Gasteiger partial charge on any atom is -0.479 e. The molecule has 1 heterocycles. The summed E-state index contributed by atoms with van der Waals surface area (Å²) in [5.41, 5.74) is 0. The van der Waals surface area contributed by atoms with Crippen LogP contribution in [0.5, 0.6) is 0 Å². The molecule has 0 spiro atoms. The fraction of sp³-hybridized carbons (Fsp3) is 0.167. The van der Waals surface area contributed by atoms with E-state index in [0.717, 1.165) is 0 Å². The second-order valence-electron chi connectivity index (χ2n) is 2.45. The van der Waals surface area contributed by atoms with Crippen molar-refractivity contribution >= 4 is 41.1 Å². The molecule has 1 rings (SSSR count). The summed E-state index contributed by atoms with van der Waals surface area (Å²) in [6, 6.07) is -1.89. The number of carbonyl (C=O) groups is 2. The van der Waals surface area contributed by atoms with Crippen LogP contribution in [0.1, 0.15) is 0 Å². The van der Waals surface area contributed by atoms with Crippen molar-refractivity contribution in [1.29, 1.82) is 0 Å². The van der Waals surface area contributed by atoms with E-state index in [1.807, 2.05) is 5.32 Å². The Morgan fingerprint density at radius 2 is 1.50 bits per heavy atom. The van der Waals surface area contributed by atoms with Gasteiger partial charge in [-0.05, 0) is 23.2 Å². The summed E-state index contributed by atoms with van der Waals surface area (Å²) >= 11 is 10.8. The van der Waals surface area contributed by atoms with Crippen LogP contribution in [0.2, 0.25) is 10.6 Å². The number of hydrogen-bond donors (Lipinski definition) is 3. The third-order valence-corrected chi connectivity index (χ3v) is 1.69. The van der Waals surface area contributed by atoms with Gasteiger partial charge >= 0.3 is 11.9 Å². The Balaban J connectivity index is 2.93. The van der Waals surface area contributed by atoms with Crippen LogP contribution in [-0.2, 0) is 9.59 Å². The van der Waals surface area contributed by atoms with Gasteiger partial charge in [-0.15, -0.1) is 0 Å². The molecule has 0 aliphatic carbocycles. The Labute approximate surface area is 98.3 Å². The molecule has 0 saturated heterocycles. The first-order chi connectivity index (χ1) is 7.40. The second kappa shape index (κ2) is 4.90. The molecule has 0 bridgehead atoms. The lowest BCUT2D eigenvalue weighted by Crippen LogP contribution is -2.37. The fourth-order valence-corrected chi connectivity index (χ4v) is 1.11. The van der Waals surface area contributed by atoms with Gasteiger partial charge in [0, 0.05) is 0 Å². The smallest absolute Gasteiger partial charge is 0.338 e. The summed E-state index contributed by atoms with van der Waals surface area (Å²) < 4.78 is 0. The SMILES string of the molecule is O=C(O)C(Nc1nc(Cl)nc(Cl)n1)C(=O)O. The quantitative estimate of drug-likeness (QED) is 0.657. The number of nitrogens with zero attached hydrogens (tertiary/aromatic N) is 3. The summed E-state index contributed by atoms with van der Waals surface area (Å²) in [6.45, 7) is 0. The lowest BCUT2D eigenvalue weighted by atomic mass is 10.3. The zero-order chi connectivity index (χ0) is 12.3. The van der Waals surface area contributed by atoms with Gasteiger partial charge in [0.25, 0.3) is 0 Å². The molecule has 3 N–H and O–H groups in total. The van der Waals surface area contributed by atoms with Crippen LogP contribution in [0.15, 0.2) is 0 Å². The number of hydrogen-bond acceptors (Lipinski definition) is 6. The topological polar surface area (TPSA) is 125 Å². The third kappa shape index (κ3) is 3.17. The number of anilines is 1. The van der Waals surface area contributed by atoms with Gasteiger partial charge in [0.15, 0.2) is 0 Å². The summed E-state index contributed by atoms with van der Waals surface area (Å²) in [5.74, 6) is -3.53. The molecule has 0 aliphatic rings. The highest BCUT2D eigenvalue weighted by atomic mass is 35.5. The molecule has 0 aliphatic heterocycles. The molecule has 16 heavy (non-hydrogen) atoms. The van der Waals surface area contributed by atoms with E-state index in [1.165, 1.54) is 0 Å². The minimum absolute atomic E-state index is 0.281. The van der Waals surface area contributed by atoms with Gasteiger partial charge in [0.2, 0.25) is 22.6 Å². The first-order valence-corrected chi connectivity index (χ1v) is 4.45. The van der Waals surface area contributed by atoms with Crippen LogP contribution in [-0.4, -0.2) is 43.1 Å². The van der Waals surface area contributed by atoms with Crippen molar-refractivity contribution in [3.63, 3.8) is 0 Å². The second-order valence-corrected chi connectivity index (χ2v) is 3.13. The van der Waals surface area contributed by atoms with Crippen LogP contribution in [0.25, 0.3) is 0 Å². The molecule has 1 aromatic heterocycles. The fourth-order valence-electron chi connectivity index (χ4n) is 0.749. The van der Waals surface area contributed by atoms with Crippen molar-refractivity contribution in [3.05, 3.63) is 10.6 Å². The number of carboxylic acid groups (broad SMARTS) is 2. The zero-order valence-electron chi connectivity index (χ0n) is 7.39. The highest BCUT2D eigenvalue weighted by Gasteiger charge is 2.26. The normalized spacial score (nSPS) is 10.2. The Morgan fingerprint density at radius 3 is 1.88 bits per heavy atom. The van der Waals surface area contributed by atoms with Crippen molar-refractivity contribution < 1.29 is 19.8 Å². The molecular formula is C6H4Cl2N4O4. The molecule has 0 atom stereocenters. The Kier molecular flexibility index (Phi) is 3.80. The molecular weight excluding hydrogens is 263 g/mol. The molecule has 1 aromatic rings. The number of rotatable bonds is 4. The predicted molar refractivity (Wildman–Crippen MR) is 52.5 cm³/mol. The first-order valence-electron chi connectivity index (χ1n) is 3.69. The van der Waals surface area contributed by atoms with Gasteiger partial charge in [0.1, 0.15) is 0 Å². The first kappa shape index (κ1) is 12.4. The molecule has 0 radical (unpaired) electrons. The molecule has 86 valence electrons. The van der Waals surface area contributed by atoms with Gasteiger partial charge in [-0.1, -0.05) is 0 Å². The summed E-state index contributed by atoms with van der Waals surface area (Å²) in [4.78, 5) is 31.4. The van der Waals surface area contributed by atoms with Crippen molar-refractivity contribution in [2.24, 2.45) is 0 Å². The van der Waals surface area contributed by atoms with Crippen molar-refractivity contribution in [3.8, 4) is 0 Å². The van der Waals surface area contributed by atoms with Crippen molar-refractivity contribution in [2.45, 2.75) is 6.04 Å². The van der Waals surface area contributed by atoms with E-state index >= 15 is 0 Å². The Morgan fingerprint density at radius 1 is 1.06 bits per heavy atom. The monoisotopic (exact) mass is 266 g/mol. The van der Waals surface area contributed by atoms with Crippen LogP contribution in [0.3, 0.4) is 0 Å². The Hall–Kier alpha value is -1.67. The third-order valence-electron chi connectivity index (χ3n) is 1.35. The van der Waals surface area contributed by atoms with Gasteiger partial charge in [0.05, 0.1) is 0 Å². The van der Waals surface area contributed by atoms with Crippen molar-refractivity contribution in [1.82, 2.24) is 15.0 Å². The standard InChI is InChI=1S/C6H4Cl2N4O4/c7-4-10-5(8)12-6(11-4)9-1(2(13)14)3(15)16/h1H,(H,13,14)(H,15,16)(H,9,10,11,12). The molecule has 8 nitrogen and oxygen atoms in total. The minimum atomic E-state index is -1.89. The molecule has 0 saturated carbocycles. The zero-order valence-corrected chi connectivity index (χ0v) is 8.90. The number of carboxylic acids is 2. The average Bonchev–Trinajstić information content (AvgIpc) is 2.11. The van der Waals surface area contributed by atoms with Crippen LogP contribution in [0, 0.1) is 0 Å². The van der Waals surface area contributed by atoms with Gasteiger partial charge in [-0.3, -0.25) is 0 Å². The number of nitrogens with one attached hydrogen (secondary N) is 1. The van der Waals surface area contributed by atoms with Crippen molar-refractivity contribution in [2.75, 3.05) is 5.32 Å². The number of halogens is 2. The molecule has 10 heteroatoms. The Bertz CT molecular complexity index is 406. The van der Waals surface area contributed by atoms with Crippen LogP contribution in [0.4, 0.5) is 5.95 Å². The maximum absolute atomic E-state index is 10.5. The van der Waals surface area contributed by atoms with E-state index in [9.17, 15) is 9.59 Å². The highest BCUT2D eigenvalue weighted by molar-refractivity contribution is 6.31. The summed E-state index contributed by atoms with van der Waals surface area (Å²) in [7, 11) is 0. The average molecular weight is 267 g/mol. The maximum atomic E-state index is 10.5. The number of aromatic nitrogens is 3. The number of aliphatic carboxylic acids is 2. The van der Waals surface area contributed by atoms with E-state index in [4.69, 9.17) is 33.4 Å². The van der Waals surface area contributed by atoms with E-state index in [-0.39, 0.29) is 16.5 Å². The lowest BCUT2D eigenvalue weighted by molar-refractivity contribution is -0.148. The molecule has 0 aromatic carbocycles. The van der Waals surface area contributed by atoms with E-state index in [0.29, 0.717) is 0 Å². The molecule has 0 fully saturated rings. The van der Waals surface area contributed by atoms with Gasteiger partial charge < -0.3 is 15.5 Å². The lowest BCUT2D eigenvalue weighted by Gasteiger charge is -2.09. The van der Waals surface area contributed by atoms with E-state index < -0.39 is 18.0 Å². The largest absolute Gasteiger partial charge is 0.479 e. The van der Waals surface area contributed by atoms with Crippen LogP contribution < -0.4 is 5.32 Å². The van der Waals surface area contributed by atoms with Crippen LogP contribution >= 0.6 is 23.2 Å². The highest BCUT2D eigenvalue weighted by Crippen LogP contribution is 2.10. The molecule has 0 amide bonds. The van der Waals surface area contributed by atoms with Gasteiger partial charge in [-0.2, -0.15) is 15.0 Å².